The average molecular weight is 271 g/mol. The molecular weight excluding hydrogens is 252 g/mol. The van der Waals surface area contributed by atoms with Gasteiger partial charge in [-0.3, -0.25) is 0 Å². The zero-order chi connectivity index (χ0) is 13.4. The summed E-state index contributed by atoms with van der Waals surface area (Å²) in [5.41, 5.74) is 0. The average Bonchev–Trinajstić information content (AvgIpc) is 2.35. The topological polar surface area (TPSA) is 46.5 Å². The fourth-order valence-electron chi connectivity index (χ4n) is 1.67. The Morgan fingerprint density at radius 2 is 1.94 bits per heavy atom. The Labute approximate surface area is 113 Å². The minimum Gasteiger partial charge on any atom is -0.479 e. The molecule has 1 rings (SSSR count). The van der Waals surface area contributed by atoms with E-state index in [-0.39, 0.29) is 0 Å². The Hall–Kier alpha value is -1.22. The van der Waals surface area contributed by atoms with Crippen molar-refractivity contribution in [3.8, 4) is 5.75 Å². The van der Waals surface area contributed by atoms with Gasteiger partial charge in [-0.25, -0.2) is 4.79 Å². The molecule has 0 bridgehead atoms. The van der Waals surface area contributed by atoms with Crippen LogP contribution in [-0.4, -0.2) is 17.2 Å². The van der Waals surface area contributed by atoms with Crippen LogP contribution in [-0.2, 0) is 4.79 Å². The standard InChI is InChI=1S/C14H19ClO3/c1-2-3-4-5-6-13(14(16)17)18-12-9-7-11(15)8-10-12/h7-10,13H,2-6H2,1H3,(H,16,17)/t13-/m0/s1. The third-order valence-electron chi connectivity index (χ3n) is 2.69. The minimum absolute atomic E-state index is 0.540. The number of hydrogen-bond donors (Lipinski definition) is 1. The molecular formula is C14H19ClO3. The third-order valence-corrected chi connectivity index (χ3v) is 2.94. The number of aliphatic carboxylic acids is 1. The molecule has 0 radical (unpaired) electrons. The first-order valence-electron chi connectivity index (χ1n) is 6.28. The molecule has 0 aromatic heterocycles. The van der Waals surface area contributed by atoms with E-state index in [0.717, 1.165) is 25.7 Å². The highest BCUT2D eigenvalue weighted by molar-refractivity contribution is 6.30. The van der Waals surface area contributed by atoms with Crippen LogP contribution in [0.15, 0.2) is 24.3 Å². The van der Waals surface area contributed by atoms with Gasteiger partial charge >= 0.3 is 5.97 Å². The Morgan fingerprint density at radius 1 is 1.28 bits per heavy atom. The van der Waals surface area contributed by atoms with Crippen LogP contribution in [0, 0.1) is 0 Å². The molecule has 0 fully saturated rings. The van der Waals surface area contributed by atoms with Crippen molar-refractivity contribution in [1.29, 1.82) is 0 Å². The monoisotopic (exact) mass is 270 g/mol. The van der Waals surface area contributed by atoms with Crippen molar-refractivity contribution in [2.75, 3.05) is 0 Å². The highest BCUT2D eigenvalue weighted by Crippen LogP contribution is 2.18. The highest BCUT2D eigenvalue weighted by Gasteiger charge is 2.18. The molecule has 4 heteroatoms. The predicted octanol–water partition coefficient (Wildman–Crippen LogP) is 4.14. The number of rotatable bonds is 8. The number of unbranched alkanes of at least 4 members (excludes halogenated alkanes) is 3. The van der Waals surface area contributed by atoms with Gasteiger partial charge in [0.1, 0.15) is 5.75 Å². The van der Waals surface area contributed by atoms with Gasteiger partial charge in [0.05, 0.1) is 0 Å². The first kappa shape index (κ1) is 14.8. The molecule has 0 saturated carbocycles. The second-order valence-corrected chi connectivity index (χ2v) is 4.68. The summed E-state index contributed by atoms with van der Waals surface area (Å²) in [6.45, 7) is 2.12. The number of benzene rings is 1. The van der Waals surface area contributed by atoms with Crippen molar-refractivity contribution in [2.24, 2.45) is 0 Å². The Balaban J connectivity index is 2.47. The van der Waals surface area contributed by atoms with E-state index in [1.807, 2.05) is 0 Å². The summed E-state index contributed by atoms with van der Waals surface area (Å²) in [6, 6.07) is 6.74. The number of carboxylic acids is 1. The van der Waals surface area contributed by atoms with Crippen LogP contribution in [0.4, 0.5) is 0 Å². The second-order valence-electron chi connectivity index (χ2n) is 4.25. The van der Waals surface area contributed by atoms with E-state index in [1.165, 1.54) is 0 Å². The van der Waals surface area contributed by atoms with E-state index in [4.69, 9.17) is 21.4 Å². The van der Waals surface area contributed by atoms with Gasteiger partial charge in [-0.05, 0) is 37.1 Å². The van der Waals surface area contributed by atoms with Crippen LogP contribution in [0.5, 0.6) is 5.75 Å². The van der Waals surface area contributed by atoms with E-state index >= 15 is 0 Å². The molecule has 1 aromatic rings. The van der Waals surface area contributed by atoms with Crippen molar-refractivity contribution in [1.82, 2.24) is 0 Å². The Bertz CT molecular complexity index is 362. The number of ether oxygens (including phenoxy) is 1. The normalized spacial score (nSPS) is 12.1. The Kier molecular flexibility index (Phi) is 6.58. The zero-order valence-corrected chi connectivity index (χ0v) is 11.3. The number of halogens is 1. The van der Waals surface area contributed by atoms with E-state index in [0.29, 0.717) is 17.2 Å². The van der Waals surface area contributed by atoms with Crippen molar-refractivity contribution in [3.63, 3.8) is 0 Å². The maximum atomic E-state index is 11.1. The lowest BCUT2D eigenvalue weighted by molar-refractivity contribution is -0.145. The van der Waals surface area contributed by atoms with Crippen LogP contribution >= 0.6 is 11.6 Å². The van der Waals surface area contributed by atoms with Gasteiger partial charge in [-0.2, -0.15) is 0 Å². The molecule has 0 saturated heterocycles. The van der Waals surface area contributed by atoms with E-state index in [1.54, 1.807) is 24.3 Å². The molecule has 0 heterocycles. The fraction of sp³-hybridized carbons (Fsp3) is 0.500. The van der Waals surface area contributed by atoms with Gasteiger partial charge in [0.2, 0.25) is 0 Å². The van der Waals surface area contributed by atoms with Crippen LogP contribution in [0.1, 0.15) is 39.0 Å². The lowest BCUT2D eigenvalue weighted by Crippen LogP contribution is -2.26. The van der Waals surface area contributed by atoms with Crippen LogP contribution in [0.25, 0.3) is 0 Å². The van der Waals surface area contributed by atoms with Gasteiger partial charge in [-0.15, -0.1) is 0 Å². The SMILES string of the molecule is CCCCCC[C@H](Oc1ccc(Cl)cc1)C(=O)O. The quantitative estimate of drug-likeness (QED) is 0.722. The van der Waals surface area contributed by atoms with Crippen LogP contribution < -0.4 is 4.74 Å². The third kappa shape index (κ3) is 5.41. The molecule has 0 aliphatic heterocycles. The molecule has 100 valence electrons. The van der Waals surface area contributed by atoms with Gasteiger partial charge in [0, 0.05) is 5.02 Å². The van der Waals surface area contributed by atoms with Crippen molar-refractivity contribution >= 4 is 17.6 Å². The summed E-state index contributed by atoms with van der Waals surface area (Å²) in [7, 11) is 0. The van der Waals surface area contributed by atoms with Crippen LogP contribution in [0.3, 0.4) is 0 Å². The molecule has 0 aliphatic rings. The summed E-state index contributed by atoms with van der Waals surface area (Å²) >= 11 is 5.76. The first-order chi connectivity index (χ1) is 8.63. The maximum Gasteiger partial charge on any atom is 0.344 e. The number of carboxylic acid groups (broad SMARTS) is 1. The maximum absolute atomic E-state index is 11.1. The van der Waals surface area contributed by atoms with Gasteiger partial charge in [0.15, 0.2) is 6.10 Å². The lowest BCUT2D eigenvalue weighted by Gasteiger charge is -2.15. The predicted molar refractivity (Wildman–Crippen MR) is 72.3 cm³/mol. The largest absolute Gasteiger partial charge is 0.479 e. The summed E-state index contributed by atoms with van der Waals surface area (Å²) in [4.78, 5) is 11.1. The summed E-state index contributed by atoms with van der Waals surface area (Å²) in [6.07, 6.45) is 3.95. The summed E-state index contributed by atoms with van der Waals surface area (Å²) < 4.78 is 5.45. The second kappa shape index (κ2) is 7.98. The highest BCUT2D eigenvalue weighted by atomic mass is 35.5. The molecule has 0 unspecified atom stereocenters. The van der Waals surface area contributed by atoms with Crippen molar-refractivity contribution in [3.05, 3.63) is 29.3 Å². The summed E-state index contributed by atoms with van der Waals surface area (Å²) in [5.74, 6) is -0.372. The molecule has 1 atom stereocenters. The minimum atomic E-state index is -0.915. The van der Waals surface area contributed by atoms with E-state index in [9.17, 15) is 4.79 Å². The number of carbonyl (C=O) groups is 1. The Morgan fingerprint density at radius 3 is 2.50 bits per heavy atom. The molecule has 1 aromatic carbocycles. The zero-order valence-electron chi connectivity index (χ0n) is 10.6. The van der Waals surface area contributed by atoms with Crippen molar-refractivity contribution in [2.45, 2.75) is 45.1 Å². The molecule has 0 aliphatic carbocycles. The molecule has 0 amide bonds. The van der Waals surface area contributed by atoms with Crippen molar-refractivity contribution < 1.29 is 14.6 Å². The smallest absolute Gasteiger partial charge is 0.344 e. The van der Waals surface area contributed by atoms with E-state index in [2.05, 4.69) is 6.92 Å². The summed E-state index contributed by atoms with van der Waals surface area (Å²) in [5, 5.41) is 9.70. The fourth-order valence-corrected chi connectivity index (χ4v) is 1.79. The van der Waals surface area contributed by atoms with E-state index < -0.39 is 12.1 Å². The molecule has 3 nitrogen and oxygen atoms in total. The van der Waals surface area contributed by atoms with Crippen LogP contribution in [0.2, 0.25) is 5.02 Å². The van der Waals surface area contributed by atoms with Gasteiger partial charge in [0.25, 0.3) is 0 Å². The molecule has 18 heavy (non-hydrogen) atoms. The first-order valence-corrected chi connectivity index (χ1v) is 6.66. The molecule has 1 N–H and O–H groups in total. The molecule has 0 spiro atoms. The van der Waals surface area contributed by atoms with Gasteiger partial charge < -0.3 is 9.84 Å². The van der Waals surface area contributed by atoms with Gasteiger partial charge in [-0.1, -0.05) is 37.8 Å². The lowest BCUT2D eigenvalue weighted by atomic mass is 10.1. The number of hydrogen-bond acceptors (Lipinski definition) is 2.